The normalized spacial score (nSPS) is 11.4. The van der Waals surface area contributed by atoms with Gasteiger partial charge >= 0.3 is 5.97 Å². The largest absolute Gasteiger partial charge is 0.478 e. The fraction of sp³-hybridized carbons (Fsp3) is 0.167. The van der Waals surface area contributed by atoms with Crippen LogP contribution >= 0.6 is 11.6 Å². The lowest BCUT2D eigenvalue weighted by molar-refractivity contribution is 0.0697. The number of carboxylic acids is 1. The van der Waals surface area contributed by atoms with Crippen molar-refractivity contribution in [1.29, 1.82) is 0 Å². The molecule has 7 nitrogen and oxygen atoms in total. The van der Waals surface area contributed by atoms with E-state index in [4.69, 9.17) is 16.7 Å². The van der Waals surface area contributed by atoms with Gasteiger partial charge in [0.25, 0.3) is 10.0 Å². The number of aromatic carboxylic acids is 1. The SMILES string of the molecule is Cc1cc(NS(=O)(=O)c2ccc(C(=O)O)c(Cl)c2)n(C)n1. The molecule has 0 bridgehead atoms. The van der Waals surface area contributed by atoms with Crippen molar-refractivity contribution >= 4 is 33.4 Å². The number of hydrogen-bond donors (Lipinski definition) is 2. The second-order valence-electron chi connectivity index (χ2n) is 4.35. The van der Waals surface area contributed by atoms with Gasteiger partial charge in [-0.3, -0.25) is 9.40 Å². The molecule has 9 heteroatoms. The van der Waals surface area contributed by atoms with Crippen LogP contribution in [0.1, 0.15) is 16.1 Å². The molecule has 21 heavy (non-hydrogen) atoms. The highest BCUT2D eigenvalue weighted by atomic mass is 35.5. The fourth-order valence-corrected chi connectivity index (χ4v) is 3.17. The van der Waals surface area contributed by atoms with E-state index in [0.717, 1.165) is 12.1 Å². The third kappa shape index (κ3) is 3.17. The number of carbonyl (C=O) groups is 1. The summed E-state index contributed by atoms with van der Waals surface area (Å²) in [6.07, 6.45) is 0. The third-order valence-electron chi connectivity index (χ3n) is 2.72. The molecular formula is C12H12ClN3O4S. The van der Waals surface area contributed by atoms with Crippen molar-refractivity contribution in [3.8, 4) is 0 Å². The molecule has 0 atom stereocenters. The van der Waals surface area contributed by atoms with Crippen LogP contribution in [-0.2, 0) is 17.1 Å². The van der Waals surface area contributed by atoms with E-state index in [-0.39, 0.29) is 15.5 Å². The van der Waals surface area contributed by atoms with Crippen LogP contribution in [0, 0.1) is 6.92 Å². The van der Waals surface area contributed by atoms with Gasteiger partial charge in [0.05, 0.1) is 21.2 Å². The van der Waals surface area contributed by atoms with Gasteiger partial charge in [-0.05, 0) is 25.1 Å². The van der Waals surface area contributed by atoms with Crippen molar-refractivity contribution in [2.75, 3.05) is 4.72 Å². The molecule has 2 rings (SSSR count). The Bertz CT molecular complexity index is 814. The summed E-state index contributed by atoms with van der Waals surface area (Å²) in [4.78, 5) is 10.7. The number of anilines is 1. The van der Waals surface area contributed by atoms with Crippen LogP contribution in [0.3, 0.4) is 0 Å². The summed E-state index contributed by atoms with van der Waals surface area (Å²) in [7, 11) is -2.27. The highest BCUT2D eigenvalue weighted by Crippen LogP contribution is 2.23. The number of sulfonamides is 1. The average Bonchev–Trinajstić information content (AvgIpc) is 2.66. The number of nitrogens with zero attached hydrogens (tertiary/aromatic N) is 2. The number of aryl methyl sites for hydroxylation is 2. The summed E-state index contributed by atoms with van der Waals surface area (Å²) < 4.78 is 28.2. The van der Waals surface area contributed by atoms with Gasteiger partial charge in [0.1, 0.15) is 5.82 Å². The molecule has 1 aromatic carbocycles. The first-order chi connectivity index (χ1) is 9.70. The Balaban J connectivity index is 2.38. The first-order valence-electron chi connectivity index (χ1n) is 5.77. The second-order valence-corrected chi connectivity index (χ2v) is 6.44. The van der Waals surface area contributed by atoms with Crippen LogP contribution in [-0.4, -0.2) is 29.3 Å². The number of carboxylic acid groups (broad SMARTS) is 1. The lowest BCUT2D eigenvalue weighted by Gasteiger charge is -2.09. The van der Waals surface area contributed by atoms with Crippen molar-refractivity contribution in [2.24, 2.45) is 7.05 Å². The third-order valence-corrected chi connectivity index (χ3v) is 4.39. The molecule has 0 saturated carbocycles. The van der Waals surface area contributed by atoms with Crippen molar-refractivity contribution in [3.05, 3.63) is 40.5 Å². The summed E-state index contributed by atoms with van der Waals surface area (Å²) >= 11 is 5.78. The maximum Gasteiger partial charge on any atom is 0.337 e. The van der Waals surface area contributed by atoms with Gasteiger partial charge in [-0.25, -0.2) is 13.2 Å². The Morgan fingerprint density at radius 3 is 2.52 bits per heavy atom. The van der Waals surface area contributed by atoms with E-state index in [1.165, 1.54) is 10.7 Å². The second kappa shape index (κ2) is 5.38. The molecule has 0 aliphatic heterocycles. The van der Waals surface area contributed by atoms with E-state index in [1.54, 1.807) is 20.0 Å². The Kier molecular flexibility index (Phi) is 3.93. The number of benzene rings is 1. The Morgan fingerprint density at radius 1 is 1.38 bits per heavy atom. The van der Waals surface area contributed by atoms with Crippen LogP contribution in [0.15, 0.2) is 29.2 Å². The van der Waals surface area contributed by atoms with E-state index in [1.807, 2.05) is 0 Å². The topological polar surface area (TPSA) is 101 Å². The minimum atomic E-state index is -3.88. The minimum absolute atomic E-state index is 0.128. The van der Waals surface area contributed by atoms with Crippen LogP contribution in [0.25, 0.3) is 0 Å². The first-order valence-corrected chi connectivity index (χ1v) is 7.63. The maximum atomic E-state index is 12.2. The van der Waals surface area contributed by atoms with E-state index in [0.29, 0.717) is 11.5 Å². The number of halogens is 1. The molecular weight excluding hydrogens is 318 g/mol. The Hall–Kier alpha value is -2.06. The standard InChI is InChI=1S/C12H12ClN3O4S/c1-7-5-11(16(2)14-7)15-21(19,20)8-3-4-9(12(17)18)10(13)6-8/h3-6,15H,1-2H3,(H,17,18). The number of rotatable bonds is 4. The van der Waals surface area contributed by atoms with Gasteiger partial charge in [-0.2, -0.15) is 5.10 Å². The van der Waals surface area contributed by atoms with Crippen molar-refractivity contribution in [1.82, 2.24) is 9.78 Å². The highest BCUT2D eigenvalue weighted by molar-refractivity contribution is 7.92. The highest BCUT2D eigenvalue weighted by Gasteiger charge is 2.19. The summed E-state index contributed by atoms with van der Waals surface area (Å²) in [5.74, 6) is -0.926. The minimum Gasteiger partial charge on any atom is -0.478 e. The molecule has 112 valence electrons. The Labute approximate surface area is 126 Å². The quantitative estimate of drug-likeness (QED) is 0.891. The number of hydrogen-bond acceptors (Lipinski definition) is 4. The van der Waals surface area contributed by atoms with Crippen molar-refractivity contribution < 1.29 is 18.3 Å². The van der Waals surface area contributed by atoms with Gasteiger partial charge in [0.2, 0.25) is 0 Å². The molecule has 0 aliphatic rings. The van der Waals surface area contributed by atoms with Crippen LogP contribution in [0.4, 0.5) is 5.82 Å². The molecule has 0 aliphatic carbocycles. The molecule has 1 heterocycles. The molecule has 0 unspecified atom stereocenters. The van der Waals surface area contributed by atoms with Crippen molar-refractivity contribution in [2.45, 2.75) is 11.8 Å². The van der Waals surface area contributed by atoms with E-state index < -0.39 is 16.0 Å². The zero-order valence-electron chi connectivity index (χ0n) is 11.2. The average molecular weight is 330 g/mol. The molecule has 0 fully saturated rings. The van der Waals surface area contributed by atoms with Crippen LogP contribution in [0.5, 0.6) is 0 Å². The summed E-state index contributed by atoms with van der Waals surface area (Å²) in [5, 5.41) is 12.8. The van der Waals surface area contributed by atoms with Gasteiger partial charge in [-0.15, -0.1) is 0 Å². The van der Waals surface area contributed by atoms with Gasteiger partial charge in [0.15, 0.2) is 0 Å². The first kappa shape index (κ1) is 15.3. The summed E-state index contributed by atoms with van der Waals surface area (Å²) in [5.41, 5.74) is 0.501. The monoisotopic (exact) mass is 329 g/mol. The molecule has 0 saturated heterocycles. The van der Waals surface area contributed by atoms with Gasteiger partial charge in [-0.1, -0.05) is 11.6 Å². The van der Waals surface area contributed by atoms with Gasteiger partial charge in [0, 0.05) is 13.1 Å². The fourth-order valence-electron chi connectivity index (χ4n) is 1.74. The molecule has 2 N–H and O–H groups in total. The zero-order valence-corrected chi connectivity index (χ0v) is 12.7. The maximum absolute atomic E-state index is 12.2. The van der Waals surface area contributed by atoms with Crippen molar-refractivity contribution in [3.63, 3.8) is 0 Å². The molecule has 0 amide bonds. The Morgan fingerprint density at radius 2 is 2.05 bits per heavy atom. The van der Waals surface area contributed by atoms with E-state index in [9.17, 15) is 13.2 Å². The molecule has 1 aromatic heterocycles. The summed E-state index contributed by atoms with van der Waals surface area (Å²) in [6, 6.07) is 5.00. The van der Waals surface area contributed by atoms with Gasteiger partial charge < -0.3 is 5.11 Å². The predicted molar refractivity (Wildman–Crippen MR) is 77.2 cm³/mol. The molecule has 2 aromatic rings. The lowest BCUT2D eigenvalue weighted by Crippen LogP contribution is -2.15. The number of nitrogens with one attached hydrogen (secondary N) is 1. The van der Waals surface area contributed by atoms with Crippen LogP contribution < -0.4 is 4.72 Å². The van der Waals surface area contributed by atoms with E-state index in [2.05, 4.69) is 9.82 Å². The molecule has 0 radical (unpaired) electrons. The van der Waals surface area contributed by atoms with Crippen LogP contribution in [0.2, 0.25) is 5.02 Å². The zero-order chi connectivity index (χ0) is 15.8. The number of aromatic nitrogens is 2. The summed E-state index contributed by atoms with van der Waals surface area (Å²) in [6.45, 7) is 1.73. The predicted octanol–water partition coefficient (Wildman–Crippen LogP) is 1.88. The smallest absolute Gasteiger partial charge is 0.337 e. The van der Waals surface area contributed by atoms with E-state index >= 15 is 0 Å². The molecule has 0 spiro atoms. The lowest BCUT2D eigenvalue weighted by atomic mass is 10.2.